The fourth-order valence-electron chi connectivity index (χ4n) is 3.82. The fourth-order valence-corrected chi connectivity index (χ4v) is 4.75. The number of halogens is 2. The molecule has 0 atom stereocenters. The molecule has 35 heavy (non-hydrogen) atoms. The first-order chi connectivity index (χ1) is 16.6. The molecule has 1 N–H and O–H groups in total. The van der Waals surface area contributed by atoms with E-state index in [2.05, 4.69) is 4.72 Å². The summed E-state index contributed by atoms with van der Waals surface area (Å²) in [6.07, 6.45) is 1.02. The van der Waals surface area contributed by atoms with Crippen LogP contribution in [0, 0.1) is 0 Å². The maximum absolute atomic E-state index is 13.2. The van der Waals surface area contributed by atoms with Crippen LogP contribution >= 0.6 is 23.2 Å². The summed E-state index contributed by atoms with van der Waals surface area (Å²) >= 11 is 12.6. The topological polar surface area (TPSA) is 92.5 Å². The summed E-state index contributed by atoms with van der Waals surface area (Å²) in [5.41, 5.74) is 2.79. The zero-order chi connectivity index (χ0) is 25.3. The lowest BCUT2D eigenvalue weighted by atomic mass is 9.98. The third kappa shape index (κ3) is 5.15. The van der Waals surface area contributed by atoms with Crippen molar-refractivity contribution in [3.05, 3.63) is 70.4 Å². The van der Waals surface area contributed by atoms with Crippen molar-refractivity contribution in [1.82, 2.24) is 9.88 Å². The van der Waals surface area contributed by atoms with Crippen molar-refractivity contribution < 1.29 is 17.6 Å². The fraction of sp³-hybridized carbons (Fsp3) is 0.200. The second-order valence-electron chi connectivity index (χ2n) is 7.88. The molecule has 4 aromatic rings. The molecule has 2 heterocycles. The number of fused-ring (bicyclic) bond motifs is 1. The molecule has 1 amide bonds. The van der Waals surface area contributed by atoms with Crippen LogP contribution in [0.15, 0.2) is 59.0 Å². The number of hydrogen-bond acceptors (Lipinski definition) is 5. The summed E-state index contributed by atoms with van der Waals surface area (Å²) < 4.78 is 32.8. The third-order valence-corrected chi connectivity index (χ3v) is 6.66. The zero-order valence-electron chi connectivity index (χ0n) is 19.3. The summed E-state index contributed by atoms with van der Waals surface area (Å²) in [7, 11) is -3.73. The molecular weight excluding hydrogens is 509 g/mol. The molecule has 0 radical (unpaired) electrons. The number of hydrogen-bond donors (Lipinski definition) is 1. The molecule has 182 valence electrons. The van der Waals surface area contributed by atoms with E-state index in [1.807, 2.05) is 44.2 Å². The molecule has 0 aliphatic rings. The second-order valence-corrected chi connectivity index (χ2v) is 10.5. The minimum Gasteiger partial charge on any atom is -0.430 e. The molecule has 0 fully saturated rings. The van der Waals surface area contributed by atoms with Gasteiger partial charge in [0, 0.05) is 34.3 Å². The molecule has 2 aromatic heterocycles. The van der Waals surface area contributed by atoms with Gasteiger partial charge in [0.1, 0.15) is 5.69 Å². The second kappa shape index (κ2) is 9.89. The van der Waals surface area contributed by atoms with E-state index >= 15 is 0 Å². The lowest BCUT2D eigenvalue weighted by molar-refractivity contribution is 0.0744. The van der Waals surface area contributed by atoms with Gasteiger partial charge in [0.15, 0.2) is 0 Å². The maximum atomic E-state index is 13.2. The molecular formula is C25H23Cl2N3O4S. The largest absolute Gasteiger partial charge is 0.430 e. The van der Waals surface area contributed by atoms with Crippen molar-refractivity contribution in [2.45, 2.75) is 13.8 Å². The van der Waals surface area contributed by atoms with Crippen LogP contribution in [0.4, 0.5) is 5.69 Å². The third-order valence-electron chi connectivity index (χ3n) is 5.50. The van der Waals surface area contributed by atoms with Crippen LogP contribution in [0.25, 0.3) is 33.5 Å². The van der Waals surface area contributed by atoms with Crippen LogP contribution in [0.5, 0.6) is 0 Å². The molecule has 2 aromatic carbocycles. The van der Waals surface area contributed by atoms with Gasteiger partial charge in [-0.15, -0.1) is 0 Å². The Morgan fingerprint density at radius 2 is 1.69 bits per heavy atom. The number of sulfonamides is 1. The van der Waals surface area contributed by atoms with Crippen LogP contribution in [-0.4, -0.2) is 43.6 Å². The molecule has 0 unspecified atom stereocenters. The highest BCUT2D eigenvalue weighted by Crippen LogP contribution is 2.41. The smallest absolute Gasteiger partial charge is 0.291 e. The number of carbonyl (C=O) groups excluding carboxylic acids is 1. The number of rotatable bonds is 7. The van der Waals surface area contributed by atoms with Crippen molar-refractivity contribution in [1.29, 1.82) is 0 Å². The van der Waals surface area contributed by atoms with Crippen molar-refractivity contribution in [3.63, 3.8) is 0 Å². The Hall–Kier alpha value is -3.07. The number of anilines is 1. The Kier molecular flexibility index (Phi) is 7.07. The van der Waals surface area contributed by atoms with E-state index < -0.39 is 15.9 Å². The minimum atomic E-state index is -3.73. The van der Waals surface area contributed by atoms with Crippen LogP contribution in [-0.2, 0) is 10.0 Å². The molecule has 0 spiro atoms. The summed E-state index contributed by atoms with van der Waals surface area (Å²) in [6, 6.07) is 16.1. The molecule has 10 heteroatoms. The highest BCUT2D eigenvalue weighted by molar-refractivity contribution is 7.92. The van der Waals surface area contributed by atoms with Crippen LogP contribution in [0.3, 0.4) is 0 Å². The predicted molar refractivity (Wildman–Crippen MR) is 141 cm³/mol. The quantitative estimate of drug-likeness (QED) is 0.301. The molecule has 0 saturated heterocycles. The van der Waals surface area contributed by atoms with Gasteiger partial charge in [-0.3, -0.25) is 9.52 Å². The molecule has 0 saturated carbocycles. The molecule has 4 rings (SSSR count). The predicted octanol–water partition coefficient (Wildman–Crippen LogP) is 6.32. The average molecular weight is 532 g/mol. The van der Waals surface area contributed by atoms with Crippen LogP contribution in [0.2, 0.25) is 10.0 Å². The zero-order valence-corrected chi connectivity index (χ0v) is 21.6. The normalized spacial score (nSPS) is 11.6. The Morgan fingerprint density at radius 1 is 1.03 bits per heavy atom. The minimum absolute atomic E-state index is 0.0489. The number of nitrogens with zero attached hydrogens (tertiary/aromatic N) is 2. The van der Waals surface area contributed by atoms with Crippen molar-refractivity contribution in [2.75, 3.05) is 24.1 Å². The van der Waals surface area contributed by atoms with E-state index in [9.17, 15) is 13.2 Å². The van der Waals surface area contributed by atoms with Gasteiger partial charge in [0.2, 0.25) is 21.5 Å². The summed E-state index contributed by atoms with van der Waals surface area (Å²) in [6.45, 7) is 4.53. The number of benzene rings is 2. The number of nitrogens with one attached hydrogen (secondary N) is 1. The average Bonchev–Trinajstić information content (AvgIpc) is 3.15. The summed E-state index contributed by atoms with van der Waals surface area (Å²) in [5, 5.41) is 1.40. The van der Waals surface area contributed by atoms with Gasteiger partial charge < -0.3 is 9.32 Å². The SMILES string of the molecule is CCN(CC)C(=O)c1oc2nc(-c3ccccc3Cl)c(-c3ccc(Cl)cc3)cc2c1NS(C)(=O)=O. The van der Waals surface area contributed by atoms with E-state index in [0.29, 0.717) is 45.3 Å². The molecule has 7 nitrogen and oxygen atoms in total. The van der Waals surface area contributed by atoms with Crippen molar-refractivity contribution in [2.24, 2.45) is 0 Å². The van der Waals surface area contributed by atoms with E-state index in [4.69, 9.17) is 32.6 Å². The van der Waals surface area contributed by atoms with E-state index in [-0.39, 0.29) is 17.2 Å². The van der Waals surface area contributed by atoms with Gasteiger partial charge in [0.25, 0.3) is 5.91 Å². The number of amides is 1. The number of furan rings is 1. The standard InChI is InChI=1S/C25H23Cl2N3O4S/c1-4-30(5-2)25(31)23-22(29-35(3,32)33)19-14-18(15-10-12-16(26)13-11-15)21(28-24(19)34-23)17-8-6-7-9-20(17)27/h6-14,29H,4-5H2,1-3H3. The number of pyridine rings is 1. The first-order valence-electron chi connectivity index (χ1n) is 10.9. The Morgan fingerprint density at radius 3 is 2.29 bits per heavy atom. The summed E-state index contributed by atoms with van der Waals surface area (Å²) in [4.78, 5) is 19.5. The van der Waals surface area contributed by atoms with Gasteiger partial charge in [-0.05, 0) is 43.7 Å². The van der Waals surface area contributed by atoms with Gasteiger partial charge in [-0.25, -0.2) is 13.4 Å². The van der Waals surface area contributed by atoms with Crippen LogP contribution in [0.1, 0.15) is 24.4 Å². The lowest BCUT2D eigenvalue weighted by Crippen LogP contribution is -2.30. The van der Waals surface area contributed by atoms with Crippen molar-refractivity contribution in [3.8, 4) is 22.4 Å². The highest BCUT2D eigenvalue weighted by atomic mass is 35.5. The van der Waals surface area contributed by atoms with Gasteiger partial charge >= 0.3 is 0 Å². The number of carbonyl (C=O) groups is 1. The van der Waals surface area contributed by atoms with Crippen molar-refractivity contribution >= 4 is 55.9 Å². The monoisotopic (exact) mass is 531 g/mol. The Balaban J connectivity index is 2.07. The van der Waals surface area contributed by atoms with Crippen LogP contribution < -0.4 is 4.72 Å². The van der Waals surface area contributed by atoms with E-state index in [1.54, 1.807) is 29.2 Å². The molecule has 0 aliphatic carbocycles. The lowest BCUT2D eigenvalue weighted by Gasteiger charge is -2.17. The first-order valence-corrected chi connectivity index (χ1v) is 13.5. The van der Waals surface area contributed by atoms with E-state index in [0.717, 1.165) is 11.8 Å². The molecule has 0 bridgehead atoms. The maximum Gasteiger partial charge on any atom is 0.291 e. The number of aromatic nitrogens is 1. The summed E-state index contributed by atoms with van der Waals surface area (Å²) in [5.74, 6) is -0.563. The Labute approximate surface area is 213 Å². The first kappa shape index (κ1) is 25.0. The van der Waals surface area contributed by atoms with E-state index in [1.165, 1.54) is 0 Å². The van der Waals surface area contributed by atoms with Gasteiger partial charge in [0.05, 0.1) is 17.3 Å². The highest BCUT2D eigenvalue weighted by Gasteiger charge is 2.28. The van der Waals surface area contributed by atoms with Gasteiger partial charge in [-0.1, -0.05) is 53.5 Å². The van der Waals surface area contributed by atoms with Gasteiger partial charge in [-0.2, -0.15) is 0 Å². The molecule has 0 aliphatic heterocycles. The Bertz CT molecular complexity index is 1510.